The molecule has 0 radical (unpaired) electrons. The Morgan fingerprint density at radius 2 is 1.48 bits per heavy atom. The monoisotopic (exact) mass is 386 g/mol. The van der Waals surface area contributed by atoms with E-state index in [1.807, 2.05) is 20.8 Å². The molecule has 2 nitrogen and oxygen atoms in total. The number of nitrogens with zero attached hydrogens (tertiary/aromatic N) is 2. The number of likely N-dealkylation sites (tertiary alicyclic amines) is 1. The van der Waals surface area contributed by atoms with Crippen molar-refractivity contribution in [1.82, 2.24) is 9.80 Å². The Hall–Kier alpha value is -0.220. The lowest BCUT2D eigenvalue weighted by atomic mass is 9.66. The van der Waals surface area contributed by atoms with Crippen molar-refractivity contribution < 1.29 is 8.78 Å². The molecule has 0 aromatic rings. The summed E-state index contributed by atoms with van der Waals surface area (Å²) in [6.07, 6.45) is 12.5. The van der Waals surface area contributed by atoms with E-state index in [4.69, 9.17) is 0 Å². The van der Waals surface area contributed by atoms with Gasteiger partial charge in [0.2, 0.25) is 0 Å². The second-order valence-electron chi connectivity index (χ2n) is 9.27. The van der Waals surface area contributed by atoms with Crippen molar-refractivity contribution in [3.8, 4) is 0 Å². The lowest BCUT2D eigenvalue weighted by Gasteiger charge is -2.48. The van der Waals surface area contributed by atoms with Crippen LogP contribution >= 0.6 is 0 Å². The van der Waals surface area contributed by atoms with Gasteiger partial charge in [0.15, 0.2) is 0 Å². The first-order chi connectivity index (χ1) is 13.0. The maximum atomic E-state index is 13.1. The smallest absolute Gasteiger partial charge is 0.295 e. The molecular weight excluding hydrogens is 342 g/mol. The number of halogens is 2. The molecule has 0 aromatic heterocycles. The number of hydrogen-bond acceptors (Lipinski definition) is 2. The van der Waals surface area contributed by atoms with Crippen molar-refractivity contribution in [3.63, 3.8) is 0 Å². The molecular formula is C23H44F2N2. The van der Waals surface area contributed by atoms with Crippen LogP contribution in [0.15, 0.2) is 0 Å². The molecule has 27 heavy (non-hydrogen) atoms. The first-order valence-electron chi connectivity index (χ1n) is 11.8. The Bertz CT molecular complexity index is 389. The first kappa shape index (κ1) is 23.1. The third-order valence-corrected chi connectivity index (χ3v) is 7.67. The molecule has 1 heterocycles. The van der Waals surface area contributed by atoms with Gasteiger partial charge in [-0.1, -0.05) is 40.5 Å². The summed E-state index contributed by atoms with van der Waals surface area (Å²) in [5, 5.41) is 0. The molecule has 4 heteroatoms. The minimum atomic E-state index is -2.29. The molecule has 1 aliphatic heterocycles. The van der Waals surface area contributed by atoms with Crippen LogP contribution in [0.25, 0.3) is 0 Å². The van der Waals surface area contributed by atoms with E-state index in [9.17, 15) is 8.78 Å². The third-order valence-electron chi connectivity index (χ3n) is 7.67. The van der Waals surface area contributed by atoms with E-state index >= 15 is 0 Å². The van der Waals surface area contributed by atoms with Crippen LogP contribution in [0.2, 0.25) is 0 Å². The largest absolute Gasteiger partial charge is 0.303 e. The molecule has 1 saturated heterocycles. The average Bonchev–Trinajstić information content (AvgIpc) is 2.69. The quantitative estimate of drug-likeness (QED) is 0.504. The van der Waals surface area contributed by atoms with Crippen LogP contribution in [-0.4, -0.2) is 48.6 Å². The van der Waals surface area contributed by atoms with Gasteiger partial charge in [-0.25, -0.2) is 4.90 Å². The van der Waals surface area contributed by atoms with E-state index < -0.39 is 6.55 Å². The predicted molar refractivity (Wildman–Crippen MR) is 111 cm³/mol. The summed E-state index contributed by atoms with van der Waals surface area (Å²) in [6, 6.07) is 0.109. The molecule has 2 aliphatic carbocycles. The van der Waals surface area contributed by atoms with Gasteiger partial charge in [0.05, 0.1) is 0 Å². The Labute approximate surface area is 167 Å². The first-order valence-corrected chi connectivity index (χ1v) is 11.8. The maximum absolute atomic E-state index is 13.1. The summed E-state index contributed by atoms with van der Waals surface area (Å²) in [5.74, 6) is 1.86. The highest BCUT2D eigenvalue weighted by Gasteiger charge is 2.40. The van der Waals surface area contributed by atoms with Crippen LogP contribution < -0.4 is 0 Å². The molecule has 0 N–H and O–H groups in total. The van der Waals surface area contributed by atoms with Crippen LogP contribution in [0, 0.1) is 17.3 Å². The van der Waals surface area contributed by atoms with E-state index in [0.29, 0.717) is 12.0 Å². The summed E-state index contributed by atoms with van der Waals surface area (Å²) < 4.78 is 26.3. The topological polar surface area (TPSA) is 6.48 Å². The summed E-state index contributed by atoms with van der Waals surface area (Å²) >= 11 is 0. The SMILES string of the molecule is CC.CCN(C(F)F)C1CCC2(CC1)CCN(CC1CCC(C)CC1)CC2. The van der Waals surface area contributed by atoms with Crippen molar-refractivity contribution >= 4 is 0 Å². The van der Waals surface area contributed by atoms with E-state index in [2.05, 4.69) is 11.8 Å². The van der Waals surface area contributed by atoms with Crippen LogP contribution in [0.3, 0.4) is 0 Å². The minimum Gasteiger partial charge on any atom is -0.303 e. The van der Waals surface area contributed by atoms with E-state index in [-0.39, 0.29) is 6.04 Å². The summed E-state index contributed by atoms with van der Waals surface area (Å²) in [4.78, 5) is 4.11. The van der Waals surface area contributed by atoms with Crippen LogP contribution in [0.4, 0.5) is 8.78 Å². The molecule has 0 bridgehead atoms. The fourth-order valence-electron chi connectivity index (χ4n) is 5.69. The Morgan fingerprint density at radius 1 is 0.926 bits per heavy atom. The normalized spacial score (nSPS) is 29.8. The lowest BCUT2D eigenvalue weighted by molar-refractivity contribution is -0.0726. The number of rotatable bonds is 5. The minimum absolute atomic E-state index is 0.109. The maximum Gasteiger partial charge on any atom is 0.295 e. The lowest BCUT2D eigenvalue weighted by Crippen LogP contribution is -2.47. The number of alkyl halides is 2. The van der Waals surface area contributed by atoms with Gasteiger partial charge in [-0.15, -0.1) is 0 Å². The van der Waals surface area contributed by atoms with E-state index in [1.165, 1.54) is 63.1 Å². The third kappa shape index (κ3) is 6.39. The fraction of sp³-hybridized carbons (Fsp3) is 1.00. The highest BCUT2D eigenvalue weighted by atomic mass is 19.3. The summed E-state index contributed by atoms with van der Waals surface area (Å²) in [6.45, 7) is 10.2. The van der Waals surface area contributed by atoms with Gasteiger partial charge in [-0.05, 0) is 81.7 Å². The van der Waals surface area contributed by atoms with Gasteiger partial charge in [0.25, 0.3) is 6.55 Å². The summed E-state index contributed by atoms with van der Waals surface area (Å²) in [5.41, 5.74) is 0.468. The molecule has 160 valence electrons. The molecule has 3 rings (SSSR count). The zero-order valence-corrected chi connectivity index (χ0v) is 18.4. The number of hydrogen-bond donors (Lipinski definition) is 0. The second kappa shape index (κ2) is 11.1. The van der Waals surface area contributed by atoms with E-state index in [0.717, 1.165) is 37.5 Å². The van der Waals surface area contributed by atoms with Gasteiger partial charge >= 0.3 is 0 Å². The highest BCUT2D eigenvalue weighted by molar-refractivity contribution is 4.93. The molecule has 2 saturated carbocycles. The van der Waals surface area contributed by atoms with Crippen molar-refractivity contribution in [2.75, 3.05) is 26.2 Å². The zero-order chi connectivity index (χ0) is 19.9. The van der Waals surface area contributed by atoms with Gasteiger partial charge in [0.1, 0.15) is 0 Å². The van der Waals surface area contributed by atoms with Crippen molar-refractivity contribution in [2.24, 2.45) is 17.3 Å². The van der Waals surface area contributed by atoms with Crippen LogP contribution in [-0.2, 0) is 0 Å². The molecule has 0 aromatic carbocycles. The molecule has 0 amide bonds. The van der Waals surface area contributed by atoms with Gasteiger partial charge < -0.3 is 4.90 Å². The van der Waals surface area contributed by atoms with E-state index in [1.54, 1.807) is 0 Å². The molecule has 1 spiro atoms. The highest BCUT2D eigenvalue weighted by Crippen LogP contribution is 2.46. The summed E-state index contributed by atoms with van der Waals surface area (Å²) in [7, 11) is 0. The van der Waals surface area contributed by atoms with Crippen molar-refractivity contribution in [2.45, 2.75) is 104 Å². The average molecular weight is 387 g/mol. The Morgan fingerprint density at radius 3 is 1.96 bits per heavy atom. The van der Waals surface area contributed by atoms with Crippen molar-refractivity contribution in [1.29, 1.82) is 0 Å². The molecule has 3 aliphatic rings. The standard InChI is InChI=1S/C21H38F2N2.C2H6/c1-3-25(20(22)23)19-8-10-21(11-9-19)12-14-24(15-13-21)16-18-6-4-17(2)5-7-18;1-2/h17-20H,3-16H2,1-2H3;1-2H3. The van der Waals surface area contributed by atoms with Gasteiger partial charge in [0, 0.05) is 19.1 Å². The Balaban J connectivity index is 0.00000126. The van der Waals surface area contributed by atoms with Gasteiger partial charge in [-0.3, -0.25) is 0 Å². The van der Waals surface area contributed by atoms with Crippen LogP contribution in [0.5, 0.6) is 0 Å². The van der Waals surface area contributed by atoms with Gasteiger partial charge in [-0.2, -0.15) is 8.78 Å². The van der Waals surface area contributed by atoms with Crippen LogP contribution in [0.1, 0.15) is 91.9 Å². The van der Waals surface area contributed by atoms with Crippen molar-refractivity contribution in [3.05, 3.63) is 0 Å². The molecule has 3 fully saturated rings. The predicted octanol–water partition coefficient (Wildman–Crippen LogP) is 6.41. The number of piperidine rings is 1. The molecule has 0 unspecified atom stereocenters. The fourth-order valence-corrected chi connectivity index (χ4v) is 5.69. The second-order valence-corrected chi connectivity index (χ2v) is 9.27. The zero-order valence-electron chi connectivity index (χ0n) is 18.4. The molecule has 0 atom stereocenters. The Kier molecular flexibility index (Phi) is 9.47.